The number of allylic oxidation sites excluding steroid dienone is 1. The van der Waals surface area contributed by atoms with Crippen LogP contribution < -0.4 is 10.1 Å². The smallest absolute Gasteiger partial charge is 0.118 e. The first kappa shape index (κ1) is 16.6. The number of thioether (sulfide) groups is 1. The van der Waals surface area contributed by atoms with Crippen molar-refractivity contribution in [3.63, 3.8) is 0 Å². The van der Waals surface area contributed by atoms with Crippen LogP contribution in [0, 0.1) is 0 Å². The molecule has 0 unspecified atom stereocenters. The molecule has 2 aromatic rings. The molecule has 0 aromatic heterocycles. The maximum atomic E-state index is 5.48. The van der Waals surface area contributed by atoms with Crippen molar-refractivity contribution in [2.45, 2.75) is 6.54 Å². The monoisotopic (exact) mass is 329 g/mol. The fourth-order valence-corrected chi connectivity index (χ4v) is 2.70. The van der Waals surface area contributed by atoms with E-state index in [1.165, 1.54) is 5.56 Å². The summed E-state index contributed by atoms with van der Waals surface area (Å²) in [4.78, 5) is 0.840. The Morgan fingerprint density at radius 1 is 1.14 bits per heavy atom. The summed E-state index contributed by atoms with van der Waals surface area (Å²) in [7, 11) is 1.67. The lowest BCUT2D eigenvalue weighted by Gasteiger charge is -2.10. The van der Waals surface area contributed by atoms with E-state index < -0.39 is 0 Å². The first-order valence-electron chi connectivity index (χ1n) is 6.95. The lowest BCUT2D eigenvalue weighted by atomic mass is 10.1. The molecule has 0 fully saturated rings. The Bertz CT molecular complexity index is 636. The van der Waals surface area contributed by atoms with Crippen molar-refractivity contribution in [1.82, 2.24) is 5.32 Å². The van der Waals surface area contributed by atoms with E-state index in [1.54, 1.807) is 18.9 Å². The van der Waals surface area contributed by atoms with Crippen LogP contribution in [0.1, 0.15) is 11.1 Å². The van der Waals surface area contributed by atoms with Gasteiger partial charge in [-0.1, -0.05) is 54.7 Å². The van der Waals surface area contributed by atoms with E-state index in [0.717, 1.165) is 27.8 Å². The second-order valence-electron chi connectivity index (χ2n) is 4.64. The predicted octanol–water partition coefficient (Wildman–Crippen LogP) is 4.41. The van der Waals surface area contributed by atoms with Crippen LogP contribution in [-0.2, 0) is 6.54 Å². The Labute approximate surface area is 141 Å². The van der Waals surface area contributed by atoms with E-state index in [0.29, 0.717) is 0 Å². The topological polar surface area (TPSA) is 21.3 Å². The van der Waals surface area contributed by atoms with Gasteiger partial charge in [-0.05, 0) is 35.6 Å². The summed E-state index contributed by atoms with van der Waals surface area (Å²) in [6, 6.07) is 18.1. The number of nitrogens with one attached hydrogen (secondary N) is 1. The average Bonchev–Trinajstić information content (AvgIpc) is 2.59. The Hall–Kier alpha value is -1.78. The summed E-state index contributed by atoms with van der Waals surface area (Å²) in [5.74, 6) is 0.870. The molecule has 2 rings (SSSR count). The van der Waals surface area contributed by atoms with Crippen LogP contribution in [0.2, 0.25) is 0 Å². The summed E-state index contributed by atoms with van der Waals surface area (Å²) in [5.41, 5.74) is 2.27. The van der Waals surface area contributed by atoms with Crippen LogP contribution in [0.5, 0.6) is 5.75 Å². The van der Waals surface area contributed by atoms with Crippen molar-refractivity contribution < 1.29 is 4.74 Å². The van der Waals surface area contributed by atoms with E-state index in [9.17, 15) is 0 Å². The molecular formula is C18H19NOS2. The summed E-state index contributed by atoms with van der Waals surface area (Å²) >= 11 is 7.14. The largest absolute Gasteiger partial charge is 0.497 e. The molecule has 1 N–H and O–H groups in total. The highest BCUT2D eigenvalue weighted by Crippen LogP contribution is 2.14. The molecule has 0 aliphatic carbocycles. The fraction of sp³-hybridized carbons (Fsp3) is 0.167. The molecule has 0 saturated carbocycles. The van der Waals surface area contributed by atoms with Gasteiger partial charge in [-0.15, -0.1) is 11.8 Å². The van der Waals surface area contributed by atoms with E-state index >= 15 is 0 Å². The molecule has 114 valence electrons. The number of benzene rings is 2. The molecule has 0 aliphatic rings. The van der Waals surface area contributed by atoms with Crippen molar-refractivity contribution in [3.8, 4) is 5.75 Å². The molecular weight excluding hydrogens is 310 g/mol. The molecule has 0 radical (unpaired) electrons. The predicted molar refractivity (Wildman–Crippen MR) is 99.6 cm³/mol. The second-order valence-corrected chi connectivity index (χ2v) is 5.93. The van der Waals surface area contributed by atoms with Crippen LogP contribution in [-0.4, -0.2) is 18.2 Å². The van der Waals surface area contributed by atoms with Crippen molar-refractivity contribution in [2.75, 3.05) is 13.4 Å². The summed E-state index contributed by atoms with van der Waals surface area (Å²) in [6.45, 7) is 0.758. The van der Waals surface area contributed by atoms with Gasteiger partial charge in [0.25, 0.3) is 0 Å². The van der Waals surface area contributed by atoms with Gasteiger partial charge in [-0.2, -0.15) is 0 Å². The van der Waals surface area contributed by atoms with Crippen LogP contribution >= 0.6 is 24.0 Å². The van der Waals surface area contributed by atoms with Crippen LogP contribution in [0.3, 0.4) is 0 Å². The van der Waals surface area contributed by atoms with E-state index in [1.807, 2.05) is 54.8 Å². The number of methoxy groups -OCH3 is 1. The molecule has 0 aliphatic heterocycles. The Morgan fingerprint density at radius 2 is 1.82 bits per heavy atom. The van der Waals surface area contributed by atoms with Crippen molar-refractivity contribution in [3.05, 3.63) is 76.8 Å². The lowest BCUT2D eigenvalue weighted by molar-refractivity contribution is 0.414. The highest BCUT2D eigenvalue weighted by Gasteiger charge is 2.01. The zero-order chi connectivity index (χ0) is 15.8. The molecule has 22 heavy (non-hydrogen) atoms. The summed E-state index contributed by atoms with van der Waals surface area (Å²) in [6.07, 6.45) is 4.05. The van der Waals surface area contributed by atoms with Gasteiger partial charge in [0.1, 0.15) is 5.75 Å². The Balaban J connectivity index is 1.99. The minimum absolute atomic E-state index is 0.758. The van der Waals surface area contributed by atoms with E-state index in [4.69, 9.17) is 17.0 Å². The minimum Gasteiger partial charge on any atom is -0.497 e. The van der Waals surface area contributed by atoms with Gasteiger partial charge in [0.2, 0.25) is 0 Å². The normalized spacial score (nSPS) is 11.1. The van der Waals surface area contributed by atoms with Gasteiger partial charge in [-0.25, -0.2) is 0 Å². The molecule has 0 bridgehead atoms. The number of thiocarbonyl (C=S) groups is 1. The number of hydrogen-bond donors (Lipinski definition) is 1. The maximum absolute atomic E-state index is 5.48. The summed E-state index contributed by atoms with van der Waals surface area (Å²) < 4.78 is 5.16. The van der Waals surface area contributed by atoms with Gasteiger partial charge in [0, 0.05) is 11.4 Å². The molecule has 0 spiro atoms. The molecule has 4 heteroatoms. The molecule has 0 saturated heterocycles. The van der Waals surface area contributed by atoms with E-state index in [2.05, 4.69) is 17.4 Å². The first-order valence-corrected chi connectivity index (χ1v) is 8.58. The van der Waals surface area contributed by atoms with Gasteiger partial charge < -0.3 is 10.1 Å². The van der Waals surface area contributed by atoms with Gasteiger partial charge >= 0.3 is 0 Å². The van der Waals surface area contributed by atoms with Crippen LogP contribution in [0.15, 0.2) is 65.7 Å². The first-order chi connectivity index (χ1) is 10.7. The van der Waals surface area contributed by atoms with Gasteiger partial charge in [0.15, 0.2) is 0 Å². The standard InChI is InChI=1S/C18H19NOS2/c1-20-16-10-8-14(9-11-16)13-19-18(22-2)12-17(21)15-6-4-3-5-7-15/h3-12,19H,13H2,1-2H3/b18-12+. The van der Waals surface area contributed by atoms with Gasteiger partial charge in [0.05, 0.1) is 12.1 Å². The highest BCUT2D eigenvalue weighted by atomic mass is 32.2. The van der Waals surface area contributed by atoms with Crippen LogP contribution in [0.4, 0.5) is 0 Å². The van der Waals surface area contributed by atoms with Crippen molar-refractivity contribution in [2.24, 2.45) is 0 Å². The maximum Gasteiger partial charge on any atom is 0.118 e. The zero-order valence-corrected chi connectivity index (χ0v) is 14.3. The SMILES string of the molecule is COc1ccc(CN/C(=C\C(=S)c2ccccc2)SC)cc1. The third-order valence-electron chi connectivity index (χ3n) is 3.17. The molecule has 2 nitrogen and oxygen atoms in total. The second kappa shape index (κ2) is 8.61. The average molecular weight is 329 g/mol. The molecule has 2 aromatic carbocycles. The zero-order valence-electron chi connectivity index (χ0n) is 12.7. The van der Waals surface area contributed by atoms with Crippen molar-refractivity contribution in [1.29, 1.82) is 0 Å². The molecule has 0 amide bonds. The number of rotatable bonds is 7. The third-order valence-corrected chi connectivity index (χ3v) is 4.22. The summed E-state index contributed by atoms with van der Waals surface area (Å²) in [5, 5.41) is 4.48. The van der Waals surface area contributed by atoms with Crippen molar-refractivity contribution >= 4 is 28.8 Å². The lowest BCUT2D eigenvalue weighted by Crippen LogP contribution is -2.12. The van der Waals surface area contributed by atoms with E-state index in [-0.39, 0.29) is 0 Å². The number of ether oxygens (including phenoxy) is 1. The van der Waals surface area contributed by atoms with Gasteiger partial charge in [-0.3, -0.25) is 0 Å². The molecule has 0 heterocycles. The Morgan fingerprint density at radius 3 is 2.41 bits per heavy atom. The number of hydrogen-bond acceptors (Lipinski definition) is 4. The minimum atomic E-state index is 0.758. The molecule has 0 atom stereocenters. The van der Waals surface area contributed by atoms with Crippen LogP contribution in [0.25, 0.3) is 0 Å². The third kappa shape index (κ3) is 4.90. The fourth-order valence-electron chi connectivity index (χ4n) is 1.92. The Kier molecular flexibility index (Phi) is 6.49. The quantitative estimate of drug-likeness (QED) is 0.461. The highest BCUT2D eigenvalue weighted by molar-refractivity contribution is 8.02.